The number of halogens is 1. The summed E-state index contributed by atoms with van der Waals surface area (Å²) in [5.41, 5.74) is 2.86. The molecule has 0 rings (SSSR count). The zero-order valence-electron chi connectivity index (χ0n) is 16.8. The lowest BCUT2D eigenvalue weighted by molar-refractivity contribution is -0.925. The summed E-state index contributed by atoms with van der Waals surface area (Å²) < 4.78 is 0.448. The van der Waals surface area contributed by atoms with E-state index in [0.717, 1.165) is 25.8 Å². The molecule has 2 N–H and O–H groups in total. The standard InChI is InChI=1S/C19H39N3O2.ClH/c1-5-6-7-8-9-10-11-12-13-15-19(24)20-16-14-17-22(3,4)21-18(2)23;/h5-17H2,1-4H3,(H-,20,21,23,24);1H. The first-order chi connectivity index (χ1) is 11.4. The number of carbonyl (C=O) groups is 2. The van der Waals surface area contributed by atoms with Crippen molar-refractivity contribution in [2.24, 2.45) is 0 Å². The molecule has 0 heterocycles. The molecule has 0 unspecified atom stereocenters. The quantitative estimate of drug-likeness (QED) is 0.249. The van der Waals surface area contributed by atoms with Gasteiger partial charge in [0.25, 0.3) is 5.91 Å². The Labute approximate surface area is 161 Å². The number of nitrogens with one attached hydrogen (secondary N) is 2. The predicted molar refractivity (Wildman–Crippen MR) is 100 cm³/mol. The second kappa shape index (κ2) is 16.6. The summed E-state index contributed by atoms with van der Waals surface area (Å²) in [6.07, 6.45) is 13.0. The summed E-state index contributed by atoms with van der Waals surface area (Å²) in [5, 5.41) is 2.97. The zero-order valence-corrected chi connectivity index (χ0v) is 17.6. The predicted octanol–water partition coefficient (Wildman–Crippen LogP) is 0.545. The van der Waals surface area contributed by atoms with Gasteiger partial charge >= 0.3 is 0 Å². The third kappa shape index (κ3) is 19.4. The molecule has 0 aromatic heterocycles. The van der Waals surface area contributed by atoms with Crippen molar-refractivity contribution in [1.29, 1.82) is 0 Å². The molecule has 5 nitrogen and oxygen atoms in total. The van der Waals surface area contributed by atoms with Gasteiger partial charge < -0.3 is 17.7 Å². The maximum absolute atomic E-state index is 11.8. The van der Waals surface area contributed by atoms with Crippen LogP contribution in [0, 0.1) is 0 Å². The van der Waals surface area contributed by atoms with Gasteiger partial charge in [0.1, 0.15) is 6.54 Å². The highest BCUT2D eigenvalue weighted by atomic mass is 35.5. The summed E-state index contributed by atoms with van der Waals surface area (Å²) in [6.45, 7) is 5.25. The van der Waals surface area contributed by atoms with E-state index in [0.29, 0.717) is 17.6 Å². The molecule has 0 fully saturated rings. The van der Waals surface area contributed by atoms with Gasteiger partial charge in [-0.25, -0.2) is 10.0 Å². The molecular weight excluding hydrogens is 338 g/mol. The van der Waals surface area contributed by atoms with Crippen molar-refractivity contribution in [2.75, 3.05) is 27.2 Å². The van der Waals surface area contributed by atoms with Crippen LogP contribution in [0.1, 0.15) is 84.5 Å². The molecule has 0 aliphatic rings. The van der Waals surface area contributed by atoms with Gasteiger partial charge in [0, 0.05) is 26.3 Å². The van der Waals surface area contributed by atoms with Crippen LogP contribution in [0.4, 0.5) is 0 Å². The maximum atomic E-state index is 11.8. The normalized spacial score (nSPS) is 10.9. The lowest BCUT2D eigenvalue weighted by atomic mass is 10.1. The average molecular weight is 378 g/mol. The number of quaternary nitrogens is 1. The van der Waals surface area contributed by atoms with Crippen LogP contribution in [0.5, 0.6) is 0 Å². The summed E-state index contributed by atoms with van der Waals surface area (Å²) >= 11 is 0. The molecule has 6 heteroatoms. The Kier molecular flexibility index (Phi) is 17.6. The Morgan fingerprint density at radius 1 is 0.840 bits per heavy atom. The molecule has 0 aromatic rings. The number of rotatable bonds is 15. The van der Waals surface area contributed by atoms with E-state index in [-0.39, 0.29) is 24.2 Å². The Bertz CT molecular complexity index is 350. The van der Waals surface area contributed by atoms with E-state index in [1.807, 2.05) is 14.1 Å². The number of hydrogen-bond acceptors (Lipinski definition) is 2. The summed E-state index contributed by atoms with van der Waals surface area (Å²) in [6, 6.07) is 0. The van der Waals surface area contributed by atoms with Gasteiger partial charge in [0.05, 0.1) is 14.1 Å². The molecule has 2 amide bonds. The van der Waals surface area contributed by atoms with Gasteiger partial charge in [-0.3, -0.25) is 9.59 Å². The molecule has 0 radical (unpaired) electrons. The third-order valence-corrected chi connectivity index (χ3v) is 4.18. The Hall–Kier alpha value is -0.810. The minimum Gasteiger partial charge on any atom is -1.00 e. The van der Waals surface area contributed by atoms with Crippen molar-refractivity contribution < 1.29 is 26.6 Å². The monoisotopic (exact) mass is 377 g/mol. The van der Waals surface area contributed by atoms with Crippen molar-refractivity contribution in [1.82, 2.24) is 10.7 Å². The fourth-order valence-electron chi connectivity index (χ4n) is 2.87. The smallest absolute Gasteiger partial charge is 0.261 e. The molecule has 0 bridgehead atoms. The van der Waals surface area contributed by atoms with E-state index in [1.54, 1.807) is 0 Å². The van der Waals surface area contributed by atoms with Crippen LogP contribution < -0.4 is 23.1 Å². The number of hydrogen-bond donors (Lipinski definition) is 2. The average Bonchev–Trinajstić information content (AvgIpc) is 2.48. The fraction of sp³-hybridized carbons (Fsp3) is 0.895. The van der Waals surface area contributed by atoms with Crippen molar-refractivity contribution in [3.8, 4) is 0 Å². The number of carbonyl (C=O) groups excluding carboxylic acids is 2. The summed E-state index contributed by atoms with van der Waals surface area (Å²) in [7, 11) is 3.90. The number of amides is 2. The zero-order chi connectivity index (χ0) is 18.3. The van der Waals surface area contributed by atoms with Gasteiger partial charge in [-0.2, -0.15) is 0 Å². The van der Waals surface area contributed by atoms with Gasteiger partial charge in [0.2, 0.25) is 5.91 Å². The largest absolute Gasteiger partial charge is 1.00 e. The molecule has 0 aliphatic carbocycles. The van der Waals surface area contributed by atoms with E-state index in [1.165, 1.54) is 51.9 Å². The summed E-state index contributed by atoms with van der Waals surface area (Å²) in [4.78, 5) is 22.8. The van der Waals surface area contributed by atoms with Gasteiger partial charge in [0.15, 0.2) is 0 Å². The highest BCUT2D eigenvalue weighted by molar-refractivity contribution is 5.75. The van der Waals surface area contributed by atoms with Crippen LogP contribution in [0.3, 0.4) is 0 Å². The third-order valence-electron chi connectivity index (χ3n) is 4.18. The molecule has 0 spiro atoms. The number of unbranched alkanes of at least 4 members (excludes halogenated alkanes) is 8. The maximum Gasteiger partial charge on any atom is 0.261 e. The van der Waals surface area contributed by atoms with Crippen molar-refractivity contribution >= 4 is 11.8 Å². The van der Waals surface area contributed by atoms with Crippen molar-refractivity contribution in [3.63, 3.8) is 0 Å². The van der Waals surface area contributed by atoms with E-state index in [2.05, 4.69) is 17.7 Å². The van der Waals surface area contributed by atoms with Crippen LogP contribution in [-0.2, 0) is 9.59 Å². The van der Waals surface area contributed by atoms with Crippen LogP contribution in [0.15, 0.2) is 0 Å². The Morgan fingerprint density at radius 3 is 1.88 bits per heavy atom. The van der Waals surface area contributed by atoms with Crippen LogP contribution in [-0.4, -0.2) is 43.6 Å². The second-order valence-electron chi connectivity index (χ2n) is 7.36. The molecule has 150 valence electrons. The van der Waals surface area contributed by atoms with Gasteiger partial charge in [-0.05, 0) is 6.42 Å². The molecule has 0 atom stereocenters. The highest BCUT2D eigenvalue weighted by Gasteiger charge is 2.15. The van der Waals surface area contributed by atoms with Crippen molar-refractivity contribution in [3.05, 3.63) is 0 Å². The molecular formula is C19H40ClN3O2. The number of nitrogens with zero attached hydrogens (tertiary/aromatic N) is 1. The highest BCUT2D eigenvalue weighted by Crippen LogP contribution is 2.10. The first-order valence-corrected chi connectivity index (χ1v) is 9.76. The SMILES string of the molecule is CCCCCCCCCCCC(=O)NCCC[N+](C)(C)NC(C)=O.[Cl-]. The Morgan fingerprint density at radius 2 is 1.36 bits per heavy atom. The van der Waals surface area contributed by atoms with Crippen LogP contribution in [0.2, 0.25) is 0 Å². The summed E-state index contributed by atoms with van der Waals surface area (Å²) in [5.74, 6) is 0.122. The van der Waals surface area contributed by atoms with Crippen LogP contribution in [0.25, 0.3) is 0 Å². The van der Waals surface area contributed by atoms with E-state index in [9.17, 15) is 9.59 Å². The molecule has 0 saturated heterocycles. The lowest BCUT2D eigenvalue weighted by Crippen LogP contribution is -3.00. The first kappa shape index (κ1) is 26.4. The van der Waals surface area contributed by atoms with E-state index < -0.39 is 0 Å². The molecule has 25 heavy (non-hydrogen) atoms. The van der Waals surface area contributed by atoms with Crippen molar-refractivity contribution in [2.45, 2.75) is 84.5 Å². The second-order valence-corrected chi connectivity index (χ2v) is 7.36. The molecule has 0 saturated carbocycles. The van der Waals surface area contributed by atoms with Gasteiger partial charge in [-0.1, -0.05) is 58.3 Å². The Balaban J connectivity index is 0. The van der Waals surface area contributed by atoms with Crippen LogP contribution >= 0.6 is 0 Å². The topological polar surface area (TPSA) is 58.2 Å². The minimum atomic E-state index is -0.0330. The molecule has 0 aromatic carbocycles. The lowest BCUT2D eigenvalue weighted by Gasteiger charge is -2.28. The van der Waals surface area contributed by atoms with Gasteiger partial charge in [-0.15, -0.1) is 0 Å². The minimum absolute atomic E-state index is 0. The van der Waals surface area contributed by atoms with E-state index in [4.69, 9.17) is 0 Å². The van der Waals surface area contributed by atoms with E-state index >= 15 is 0 Å². The first-order valence-electron chi connectivity index (χ1n) is 9.76. The fourth-order valence-corrected chi connectivity index (χ4v) is 2.87. The molecule has 0 aliphatic heterocycles.